The number of thioether (sulfide) groups is 1. The van der Waals surface area contributed by atoms with Crippen LogP contribution in [-0.2, 0) is 4.79 Å². The summed E-state index contributed by atoms with van der Waals surface area (Å²) in [6.45, 7) is 4.83. The first-order valence-electron chi connectivity index (χ1n) is 12.1. The second kappa shape index (κ2) is 11.3. The lowest BCUT2D eigenvalue weighted by atomic mass is 10.1. The van der Waals surface area contributed by atoms with E-state index in [1.807, 2.05) is 90.7 Å². The maximum absolute atomic E-state index is 12.9. The Morgan fingerprint density at radius 2 is 1.59 bits per heavy atom. The van der Waals surface area contributed by atoms with Crippen LogP contribution < -0.4 is 10.2 Å². The van der Waals surface area contributed by atoms with Crippen molar-refractivity contribution in [1.82, 2.24) is 15.1 Å². The molecule has 37 heavy (non-hydrogen) atoms. The second-order valence-corrected chi connectivity index (χ2v) is 9.64. The standard InChI is InChI=1S/C28H27N5O3S/c1-20-7-5-6-10-24(20)27(35)33-17-15-32(16-18-33)23-13-11-22(12-14-23)29-25(34)19-37-28-31-30-26(36-28)21-8-3-2-4-9-21/h2-14H,15-19H2,1H3,(H,29,34). The fraction of sp³-hybridized carbons (Fsp3) is 0.214. The van der Waals surface area contributed by atoms with Crippen LogP contribution in [0.4, 0.5) is 11.4 Å². The zero-order chi connectivity index (χ0) is 25.6. The summed E-state index contributed by atoms with van der Waals surface area (Å²) in [6.07, 6.45) is 0. The van der Waals surface area contributed by atoms with Gasteiger partial charge in [-0.25, -0.2) is 0 Å². The summed E-state index contributed by atoms with van der Waals surface area (Å²) in [5, 5.41) is 11.3. The van der Waals surface area contributed by atoms with Crippen LogP contribution in [0.25, 0.3) is 11.5 Å². The van der Waals surface area contributed by atoms with E-state index in [1.165, 1.54) is 11.8 Å². The fourth-order valence-corrected chi connectivity index (χ4v) is 4.76. The molecule has 5 rings (SSSR count). The number of aryl methyl sites for hydroxylation is 1. The zero-order valence-corrected chi connectivity index (χ0v) is 21.3. The highest BCUT2D eigenvalue weighted by molar-refractivity contribution is 7.99. The molecule has 1 N–H and O–H groups in total. The fourth-order valence-electron chi connectivity index (χ4n) is 4.20. The topological polar surface area (TPSA) is 91.6 Å². The van der Waals surface area contributed by atoms with Gasteiger partial charge in [-0.3, -0.25) is 9.59 Å². The van der Waals surface area contributed by atoms with E-state index >= 15 is 0 Å². The minimum atomic E-state index is -0.152. The molecule has 188 valence electrons. The Kier molecular flexibility index (Phi) is 7.51. The monoisotopic (exact) mass is 513 g/mol. The van der Waals surface area contributed by atoms with Crippen molar-refractivity contribution in [3.63, 3.8) is 0 Å². The highest BCUT2D eigenvalue weighted by atomic mass is 32.2. The molecular formula is C28H27N5O3S. The third-order valence-corrected chi connectivity index (χ3v) is 7.03. The number of nitrogens with one attached hydrogen (secondary N) is 1. The van der Waals surface area contributed by atoms with Crippen molar-refractivity contribution in [2.45, 2.75) is 12.1 Å². The van der Waals surface area contributed by atoms with Gasteiger partial charge in [-0.05, 0) is 55.0 Å². The second-order valence-electron chi connectivity index (χ2n) is 8.72. The molecule has 0 radical (unpaired) electrons. The van der Waals surface area contributed by atoms with Crippen molar-refractivity contribution in [2.24, 2.45) is 0 Å². The molecule has 1 fully saturated rings. The van der Waals surface area contributed by atoms with E-state index in [0.717, 1.165) is 41.2 Å². The van der Waals surface area contributed by atoms with E-state index in [2.05, 4.69) is 20.4 Å². The average Bonchev–Trinajstić information content (AvgIpc) is 3.42. The van der Waals surface area contributed by atoms with E-state index in [-0.39, 0.29) is 17.6 Å². The van der Waals surface area contributed by atoms with Crippen LogP contribution in [0.2, 0.25) is 0 Å². The van der Waals surface area contributed by atoms with Gasteiger partial charge < -0.3 is 19.5 Å². The predicted molar refractivity (Wildman–Crippen MR) is 145 cm³/mol. The van der Waals surface area contributed by atoms with Crippen molar-refractivity contribution >= 4 is 35.0 Å². The molecule has 0 bridgehead atoms. The summed E-state index contributed by atoms with van der Waals surface area (Å²) in [4.78, 5) is 29.5. The highest BCUT2D eigenvalue weighted by Gasteiger charge is 2.23. The quantitative estimate of drug-likeness (QED) is 0.357. The number of carbonyl (C=O) groups is 2. The number of carbonyl (C=O) groups excluding carboxylic acids is 2. The largest absolute Gasteiger partial charge is 0.411 e. The molecule has 4 aromatic rings. The summed E-state index contributed by atoms with van der Waals surface area (Å²) >= 11 is 1.20. The first-order valence-corrected chi connectivity index (χ1v) is 13.1. The lowest BCUT2D eigenvalue weighted by Crippen LogP contribution is -2.48. The molecule has 0 saturated carbocycles. The maximum atomic E-state index is 12.9. The Balaban J connectivity index is 1.09. The Labute approximate surface area is 219 Å². The lowest BCUT2D eigenvalue weighted by Gasteiger charge is -2.36. The Morgan fingerprint density at radius 3 is 2.32 bits per heavy atom. The van der Waals surface area contributed by atoms with Gasteiger partial charge in [-0.2, -0.15) is 0 Å². The number of piperazine rings is 1. The molecule has 3 aromatic carbocycles. The minimum Gasteiger partial charge on any atom is -0.411 e. The molecule has 9 heteroatoms. The molecule has 8 nitrogen and oxygen atoms in total. The Morgan fingerprint density at radius 1 is 0.892 bits per heavy atom. The van der Waals surface area contributed by atoms with Crippen LogP contribution in [0.15, 0.2) is 88.5 Å². The van der Waals surface area contributed by atoms with Gasteiger partial charge in [0.25, 0.3) is 11.1 Å². The molecule has 1 saturated heterocycles. The summed E-state index contributed by atoms with van der Waals surface area (Å²) < 4.78 is 5.64. The van der Waals surface area contributed by atoms with Gasteiger partial charge in [0.05, 0.1) is 5.75 Å². The van der Waals surface area contributed by atoms with Crippen LogP contribution in [0.5, 0.6) is 0 Å². The van der Waals surface area contributed by atoms with Crippen molar-refractivity contribution in [1.29, 1.82) is 0 Å². The van der Waals surface area contributed by atoms with Crippen LogP contribution in [-0.4, -0.2) is 58.8 Å². The molecule has 0 atom stereocenters. The number of nitrogens with zero attached hydrogens (tertiary/aromatic N) is 4. The maximum Gasteiger partial charge on any atom is 0.277 e. The number of rotatable bonds is 7. The summed E-state index contributed by atoms with van der Waals surface area (Å²) in [7, 11) is 0. The lowest BCUT2D eigenvalue weighted by molar-refractivity contribution is -0.113. The molecule has 0 spiro atoms. The summed E-state index contributed by atoms with van der Waals surface area (Å²) in [5.74, 6) is 0.528. The Bertz CT molecular complexity index is 1370. The van der Waals surface area contributed by atoms with E-state index < -0.39 is 0 Å². The predicted octanol–water partition coefficient (Wildman–Crippen LogP) is 4.74. The number of aromatic nitrogens is 2. The zero-order valence-electron chi connectivity index (χ0n) is 20.5. The summed E-state index contributed by atoms with van der Waals surface area (Å²) in [6, 6.07) is 25.0. The van der Waals surface area contributed by atoms with Crippen LogP contribution in [0.1, 0.15) is 15.9 Å². The summed E-state index contributed by atoms with van der Waals surface area (Å²) in [5.41, 5.74) is 4.39. The first-order chi connectivity index (χ1) is 18.1. The SMILES string of the molecule is Cc1ccccc1C(=O)N1CCN(c2ccc(NC(=O)CSc3nnc(-c4ccccc4)o3)cc2)CC1. The number of hydrogen-bond acceptors (Lipinski definition) is 7. The third kappa shape index (κ3) is 6.00. The normalized spacial score (nSPS) is 13.4. The van der Waals surface area contributed by atoms with Gasteiger partial charge in [-0.15, -0.1) is 10.2 Å². The number of hydrogen-bond donors (Lipinski definition) is 1. The van der Waals surface area contributed by atoms with Crippen LogP contribution >= 0.6 is 11.8 Å². The molecular weight excluding hydrogens is 486 g/mol. The van der Waals surface area contributed by atoms with E-state index in [4.69, 9.17) is 4.42 Å². The van der Waals surface area contributed by atoms with E-state index in [9.17, 15) is 9.59 Å². The smallest absolute Gasteiger partial charge is 0.277 e. The molecule has 0 unspecified atom stereocenters. The number of amides is 2. The van der Waals surface area contributed by atoms with Crippen molar-refractivity contribution < 1.29 is 14.0 Å². The molecule has 2 heterocycles. The number of anilines is 2. The van der Waals surface area contributed by atoms with Crippen LogP contribution in [0, 0.1) is 6.92 Å². The van der Waals surface area contributed by atoms with Crippen LogP contribution in [0.3, 0.4) is 0 Å². The first kappa shape index (κ1) is 24.6. The van der Waals surface area contributed by atoms with E-state index in [0.29, 0.717) is 24.2 Å². The minimum absolute atomic E-state index is 0.0884. The molecule has 1 aliphatic heterocycles. The molecule has 1 aromatic heterocycles. The van der Waals surface area contributed by atoms with Gasteiger partial charge in [-0.1, -0.05) is 48.2 Å². The van der Waals surface area contributed by atoms with Gasteiger partial charge in [0.15, 0.2) is 0 Å². The van der Waals surface area contributed by atoms with Crippen molar-refractivity contribution in [2.75, 3.05) is 42.1 Å². The third-order valence-electron chi connectivity index (χ3n) is 6.21. The molecule has 0 aliphatic carbocycles. The van der Waals surface area contributed by atoms with Crippen molar-refractivity contribution in [3.05, 3.63) is 90.0 Å². The van der Waals surface area contributed by atoms with E-state index in [1.54, 1.807) is 0 Å². The number of benzene rings is 3. The Hall–Kier alpha value is -4.11. The van der Waals surface area contributed by atoms with Gasteiger partial charge in [0.2, 0.25) is 11.8 Å². The van der Waals surface area contributed by atoms with Crippen molar-refractivity contribution in [3.8, 4) is 11.5 Å². The molecule has 1 aliphatic rings. The highest BCUT2D eigenvalue weighted by Crippen LogP contribution is 2.24. The molecule has 2 amide bonds. The average molecular weight is 514 g/mol. The van der Waals surface area contributed by atoms with Gasteiger partial charge >= 0.3 is 0 Å². The van der Waals surface area contributed by atoms with Gasteiger partial charge in [0.1, 0.15) is 0 Å². The van der Waals surface area contributed by atoms with Gasteiger partial charge in [0, 0.05) is 48.7 Å².